The maximum Gasteiger partial charge on any atom is 0.108 e. The number of nitriles is 1. The van der Waals surface area contributed by atoms with Crippen molar-refractivity contribution < 1.29 is 0 Å². The van der Waals surface area contributed by atoms with E-state index in [1.165, 1.54) is 0 Å². The van der Waals surface area contributed by atoms with Crippen molar-refractivity contribution in [1.82, 2.24) is 14.5 Å². The van der Waals surface area contributed by atoms with Crippen molar-refractivity contribution in [2.45, 2.75) is 26.3 Å². The third kappa shape index (κ3) is 2.94. The van der Waals surface area contributed by atoms with Crippen molar-refractivity contribution in [3.05, 3.63) is 52.7 Å². The summed E-state index contributed by atoms with van der Waals surface area (Å²) in [4.78, 5) is 8.74. The van der Waals surface area contributed by atoms with Crippen LogP contribution < -0.4 is 5.32 Å². The lowest BCUT2D eigenvalue weighted by Crippen LogP contribution is -2.26. The van der Waals surface area contributed by atoms with E-state index in [1.807, 2.05) is 31.5 Å². The third-order valence-electron chi connectivity index (χ3n) is 4.79. The zero-order valence-electron chi connectivity index (χ0n) is 14.0. The quantitative estimate of drug-likeness (QED) is 0.776. The molecule has 1 N–H and O–H groups in total. The van der Waals surface area contributed by atoms with Gasteiger partial charge in [0.05, 0.1) is 21.8 Å². The molecule has 0 amide bonds. The molecule has 3 heterocycles. The molecule has 0 saturated carbocycles. The van der Waals surface area contributed by atoms with Gasteiger partial charge in [-0.05, 0) is 37.0 Å². The molecule has 6 heteroatoms. The Morgan fingerprint density at radius 3 is 3.12 bits per heavy atom. The first kappa shape index (κ1) is 15.9. The van der Waals surface area contributed by atoms with E-state index in [-0.39, 0.29) is 0 Å². The van der Waals surface area contributed by atoms with Crippen LogP contribution >= 0.6 is 11.6 Å². The van der Waals surface area contributed by atoms with Gasteiger partial charge in [0.1, 0.15) is 11.9 Å². The van der Waals surface area contributed by atoms with Gasteiger partial charge in [-0.3, -0.25) is 4.98 Å². The number of rotatable bonds is 3. The molecule has 0 fully saturated rings. The van der Waals surface area contributed by atoms with Crippen LogP contribution in [0.3, 0.4) is 0 Å². The van der Waals surface area contributed by atoms with Crippen molar-refractivity contribution >= 4 is 28.2 Å². The van der Waals surface area contributed by atoms with Crippen LogP contribution in [-0.4, -0.2) is 21.1 Å². The summed E-state index contributed by atoms with van der Waals surface area (Å²) in [6.07, 6.45) is 7.58. The number of nitrogens with zero attached hydrogens (tertiary/aromatic N) is 4. The van der Waals surface area contributed by atoms with Crippen molar-refractivity contribution in [3.63, 3.8) is 0 Å². The number of aromatic nitrogens is 3. The van der Waals surface area contributed by atoms with Gasteiger partial charge in [-0.1, -0.05) is 11.6 Å². The van der Waals surface area contributed by atoms with Gasteiger partial charge < -0.3 is 9.88 Å². The summed E-state index contributed by atoms with van der Waals surface area (Å²) in [5.74, 6) is 1.66. The molecule has 2 aromatic heterocycles. The average molecular weight is 352 g/mol. The molecule has 0 spiro atoms. The molecular weight excluding hydrogens is 334 g/mol. The van der Waals surface area contributed by atoms with Crippen LogP contribution in [-0.2, 0) is 13.0 Å². The van der Waals surface area contributed by atoms with Gasteiger partial charge in [0.2, 0.25) is 0 Å². The second-order valence-corrected chi connectivity index (χ2v) is 6.99. The van der Waals surface area contributed by atoms with E-state index in [1.54, 1.807) is 6.20 Å². The Morgan fingerprint density at radius 1 is 1.40 bits per heavy atom. The van der Waals surface area contributed by atoms with Gasteiger partial charge >= 0.3 is 0 Å². The number of hydrogen-bond acceptors (Lipinski definition) is 4. The standard InChI is InChI=1S/C19H18ClN5/c1-12-6-15-18(14(8-21)10-24-19(15)16(20)7-12)23-9-13-2-3-17-22-4-5-25(17)11-13/h4-7,10,13H,2-3,9,11H2,1H3,(H,23,24). The van der Waals surface area contributed by atoms with E-state index in [4.69, 9.17) is 11.6 Å². The summed E-state index contributed by atoms with van der Waals surface area (Å²) in [6, 6.07) is 6.17. The fourth-order valence-electron chi connectivity index (χ4n) is 3.52. The fourth-order valence-corrected chi connectivity index (χ4v) is 3.84. The molecule has 0 aliphatic carbocycles. The second kappa shape index (κ2) is 6.38. The van der Waals surface area contributed by atoms with E-state index in [9.17, 15) is 5.26 Å². The Bertz CT molecular complexity index is 985. The molecule has 1 aromatic carbocycles. The van der Waals surface area contributed by atoms with Crippen molar-refractivity contribution in [3.8, 4) is 6.07 Å². The smallest absolute Gasteiger partial charge is 0.108 e. The van der Waals surface area contributed by atoms with Crippen molar-refractivity contribution in [2.24, 2.45) is 5.92 Å². The number of anilines is 1. The topological polar surface area (TPSA) is 66.5 Å². The van der Waals surface area contributed by atoms with Crippen LogP contribution in [0.25, 0.3) is 10.9 Å². The molecule has 1 aliphatic rings. The van der Waals surface area contributed by atoms with Crippen molar-refractivity contribution in [1.29, 1.82) is 5.26 Å². The summed E-state index contributed by atoms with van der Waals surface area (Å²) >= 11 is 6.34. The molecule has 3 aromatic rings. The van der Waals surface area contributed by atoms with Gasteiger partial charge in [0.25, 0.3) is 0 Å². The molecule has 0 bridgehead atoms. The molecule has 126 valence electrons. The molecule has 1 atom stereocenters. The molecule has 0 radical (unpaired) electrons. The molecule has 1 aliphatic heterocycles. The Balaban J connectivity index is 1.64. The maximum atomic E-state index is 9.48. The first-order chi connectivity index (χ1) is 12.2. The summed E-state index contributed by atoms with van der Waals surface area (Å²) < 4.78 is 2.22. The Labute approximate surface area is 151 Å². The minimum atomic E-state index is 0.497. The Hall–Kier alpha value is -2.58. The zero-order chi connectivity index (χ0) is 17.4. The number of fused-ring (bicyclic) bond motifs is 2. The summed E-state index contributed by atoms with van der Waals surface area (Å²) in [5.41, 5.74) is 3.16. The molecule has 4 rings (SSSR count). The number of benzene rings is 1. The SMILES string of the molecule is Cc1cc(Cl)c2ncc(C#N)c(NCC3CCc4nccn4C3)c2c1. The van der Waals surface area contributed by atoms with Gasteiger partial charge in [-0.2, -0.15) is 5.26 Å². The van der Waals surface area contributed by atoms with Crippen LogP contribution in [0, 0.1) is 24.2 Å². The summed E-state index contributed by atoms with van der Waals surface area (Å²) in [5, 5.41) is 14.5. The predicted octanol–water partition coefficient (Wildman–Crippen LogP) is 3.94. The number of aryl methyl sites for hydroxylation is 2. The fraction of sp³-hybridized carbons (Fsp3) is 0.316. The first-order valence-electron chi connectivity index (χ1n) is 8.38. The van der Waals surface area contributed by atoms with Gasteiger partial charge in [-0.15, -0.1) is 0 Å². The lowest BCUT2D eigenvalue weighted by molar-refractivity contribution is 0.381. The first-order valence-corrected chi connectivity index (χ1v) is 8.76. The highest BCUT2D eigenvalue weighted by Crippen LogP contribution is 2.32. The number of imidazole rings is 1. The summed E-state index contributed by atoms with van der Waals surface area (Å²) in [7, 11) is 0. The minimum Gasteiger partial charge on any atom is -0.383 e. The van der Waals surface area contributed by atoms with Crippen molar-refractivity contribution in [2.75, 3.05) is 11.9 Å². The maximum absolute atomic E-state index is 9.48. The zero-order valence-corrected chi connectivity index (χ0v) is 14.7. The normalized spacial score (nSPS) is 16.4. The van der Waals surface area contributed by atoms with E-state index in [0.29, 0.717) is 16.5 Å². The van der Waals surface area contributed by atoms with Crippen LogP contribution in [0.4, 0.5) is 5.69 Å². The minimum absolute atomic E-state index is 0.497. The van der Waals surface area contributed by atoms with Crippen LogP contribution in [0.1, 0.15) is 23.4 Å². The highest BCUT2D eigenvalue weighted by molar-refractivity contribution is 6.35. The number of nitrogens with one attached hydrogen (secondary N) is 1. The number of halogens is 1. The lowest BCUT2D eigenvalue weighted by atomic mass is 9.99. The van der Waals surface area contributed by atoms with E-state index in [0.717, 1.165) is 53.9 Å². The second-order valence-electron chi connectivity index (χ2n) is 6.58. The van der Waals surface area contributed by atoms with Crippen LogP contribution in [0.15, 0.2) is 30.7 Å². The predicted molar refractivity (Wildman–Crippen MR) is 98.7 cm³/mol. The van der Waals surface area contributed by atoms with Gasteiger partial charge in [-0.25, -0.2) is 4.98 Å². The van der Waals surface area contributed by atoms with Crippen LogP contribution in [0.5, 0.6) is 0 Å². The molecule has 5 nitrogen and oxygen atoms in total. The number of pyridine rings is 1. The number of hydrogen-bond donors (Lipinski definition) is 1. The molecule has 25 heavy (non-hydrogen) atoms. The highest BCUT2D eigenvalue weighted by atomic mass is 35.5. The van der Waals surface area contributed by atoms with Gasteiger partial charge in [0, 0.05) is 43.5 Å². The third-order valence-corrected chi connectivity index (χ3v) is 5.08. The Kier molecular flexibility index (Phi) is 4.06. The summed E-state index contributed by atoms with van der Waals surface area (Å²) in [6.45, 7) is 3.75. The molecule has 0 saturated heterocycles. The highest BCUT2D eigenvalue weighted by Gasteiger charge is 2.20. The largest absolute Gasteiger partial charge is 0.383 e. The van der Waals surface area contributed by atoms with Crippen LogP contribution in [0.2, 0.25) is 5.02 Å². The van der Waals surface area contributed by atoms with E-state index >= 15 is 0 Å². The molecule has 1 unspecified atom stereocenters. The monoisotopic (exact) mass is 351 g/mol. The van der Waals surface area contributed by atoms with Gasteiger partial charge in [0.15, 0.2) is 0 Å². The molecular formula is C19H18ClN5. The van der Waals surface area contributed by atoms with E-state index < -0.39 is 0 Å². The Morgan fingerprint density at radius 2 is 2.28 bits per heavy atom. The average Bonchev–Trinajstić information content (AvgIpc) is 3.07. The van der Waals surface area contributed by atoms with E-state index in [2.05, 4.69) is 25.9 Å². The lowest BCUT2D eigenvalue weighted by Gasteiger charge is -2.25.